The van der Waals surface area contributed by atoms with Crippen LogP contribution in [0.4, 0.5) is 0 Å². The van der Waals surface area contributed by atoms with Gasteiger partial charge in [0.1, 0.15) is 0 Å². The highest BCUT2D eigenvalue weighted by atomic mass is 32.2. The Morgan fingerprint density at radius 2 is 2.07 bits per heavy atom. The van der Waals surface area contributed by atoms with Gasteiger partial charge in [-0.15, -0.1) is 0 Å². The van der Waals surface area contributed by atoms with E-state index in [1.807, 2.05) is 0 Å². The second-order valence-corrected chi connectivity index (χ2v) is 6.68. The van der Waals surface area contributed by atoms with E-state index in [0.717, 1.165) is 25.8 Å². The van der Waals surface area contributed by atoms with Crippen LogP contribution in [-0.4, -0.2) is 32.5 Å². The van der Waals surface area contributed by atoms with Crippen LogP contribution in [0.3, 0.4) is 0 Å². The van der Waals surface area contributed by atoms with E-state index >= 15 is 0 Å². The van der Waals surface area contributed by atoms with Gasteiger partial charge in [-0.3, -0.25) is 0 Å². The van der Waals surface area contributed by atoms with Gasteiger partial charge in [0.05, 0.1) is 4.75 Å². The highest BCUT2D eigenvalue weighted by Gasteiger charge is 2.60. The first-order valence-corrected chi connectivity index (χ1v) is 7.27. The van der Waals surface area contributed by atoms with Crippen molar-refractivity contribution >= 4 is 9.84 Å². The van der Waals surface area contributed by atoms with Gasteiger partial charge in [-0.25, -0.2) is 8.42 Å². The van der Waals surface area contributed by atoms with Crippen molar-refractivity contribution in [3.8, 4) is 0 Å². The lowest BCUT2D eigenvalue weighted by Crippen LogP contribution is -2.37. The molecule has 0 heterocycles. The number of hydrogen-bond acceptors (Lipinski definition) is 3. The van der Waals surface area contributed by atoms with Crippen molar-refractivity contribution in [3.05, 3.63) is 0 Å². The zero-order valence-corrected chi connectivity index (χ0v) is 10.2. The summed E-state index contributed by atoms with van der Waals surface area (Å²) in [5.74, 6) is 0.377. The van der Waals surface area contributed by atoms with Crippen LogP contribution >= 0.6 is 0 Å². The van der Waals surface area contributed by atoms with Crippen LogP contribution in [0, 0.1) is 5.92 Å². The van der Waals surface area contributed by atoms with Gasteiger partial charge in [-0.1, -0.05) is 20.3 Å². The van der Waals surface area contributed by atoms with Crippen molar-refractivity contribution in [1.29, 1.82) is 0 Å². The Morgan fingerprint density at radius 3 is 2.43 bits per heavy atom. The molecule has 0 saturated heterocycles. The molecule has 1 aliphatic carbocycles. The third-order valence-electron chi connectivity index (χ3n) is 3.26. The lowest BCUT2D eigenvalue weighted by molar-refractivity contribution is 0.545. The first-order chi connectivity index (χ1) is 6.48. The van der Waals surface area contributed by atoms with Gasteiger partial charge in [-0.05, 0) is 25.3 Å². The van der Waals surface area contributed by atoms with Crippen LogP contribution in [0.5, 0.6) is 0 Å². The zero-order chi connectivity index (χ0) is 10.8. The third kappa shape index (κ3) is 2.11. The molecule has 0 aliphatic heterocycles. The molecule has 3 nitrogen and oxygen atoms in total. The van der Waals surface area contributed by atoms with Gasteiger partial charge in [0, 0.05) is 12.8 Å². The van der Waals surface area contributed by atoms with Crippen molar-refractivity contribution in [3.63, 3.8) is 0 Å². The number of sulfone groups is 1. The van der Waals surface area contributed by atoms with E-state index in [-0.39, 0.29) is 0 Å². The predicted octanol–water partition coefficient (Wildman–Crippen LogP) is 1.20. The molecule has 4 heteroatoms. The average molecular weight is 219 g/mol. The molecular formula is C10H21NO2S. The molecule has 0 aromatic heterocycles. The molecule has 1 fully saturated rings. The Hall–Kier alpha value is -0.0900. The van der Waals surface area contributed by atoms with E-state index in [4.69, 9.17) is 0 Å². The summed E-state index contributed by atoms with van der Waals surface area (Å²) >= 11 is 0. The lowest BCUT2D eigenvalue weighted by atomic mass is 10.2. The summed E-state index contributed by atoms with van der Waals surface area (Å²) in [5, 5.41) is 3.23. The highest BCUT2D eigenvalue weighted by molar-refractivity contribution is 7.92. The molecule has 0 aromatic carbocycles. The van der Waals surface area contributed by atoms with Crippen molar-refractivity contribution in [2.45, 2.75) is 37.9 Å². The van der Waals surface area contributed by atoms with E-state index in [0.29, 0.717) is 12.5 Å². The van der Waals surface area contributed by atoms with Gasteiger partial charge < -0.3 is 5.32 Å². The van der Waals surface area contributed by atoms with E-state index < -0.39 is 14.6 Å². The van der Waals surface area contributed by atoms with Crippen LogP contribution in [0.2, 0.25) is 0 Å². The molecule has 2 unspecified atom stereocenters. The zero-order valence-electron chi connectivity index (χ0n) is 9.34. The van der Waals surface area contributed by atoms with Crippen LogP contribution in [-0.2, 0) is 9.84 Å². The number of hydrogen-bond donors (Lipinski definition) is 1. The first kappa shape index (κ1) is 12.0. The van der Waals surface area contributed by atoms with Gasteiger partial charge in [0.15, 0.2) is 9.84 Å². The number of rotatable bonds is 6. The Kier molecular flexibility index (Phi) is 3.58. The fourth-order valence-corrected chi connectivity index (χ4v) is 3.79. The van der Waals surface area contributed by atoms with Crippen LogP contribution in [0.1, 0.15) is 33.1 Å². The predicted molar refractivity (Wildman–Crippen MR) is 59.1 cm³/mol. The smallest absolute Gasteiger partial charge is 0.154 e. The third-order valence-corrected chi connectivity index (χ3v) is 5.38. The molecule has 2 atom stereocenters. The van der Waals surface area contributed by atoms with E-state index in [2.05, 4.69) is 19.2 Å². The molecule has 0 aromatic rings. The minimum Gasteiger partial charge on any atom is -0.315 e. The SMILES string of the molecule is CCCNCC1(S(C)(=O)=O)CC1CC. The minimum absolute atomic E-state index is 0.377. The minimum atomic E-state index is -2.90. The maximum absolute atomic E-state index is 11.6. The summed E-state index contributed by atoms with van der Waals surface area (Å²) in [5.41, 5.74) is 0. The summed E-state index contributed by atoms with van der Waals surface area (Å²) in [6.45, 7) is 5.70. The molecule has 84 valence electrons. The largest absolute Gasteiger partial charge is 0.315 e. The second-order valence-electron chi connectivity index (χ2n) is 4.32. The topological polar surface area (TPSA) is 46.2 Å². The summed E-state index contributed by atoms with van der Waals surface area (Å²) in [4.78, 5) is 0. The van der Waals surface area contributed by atoms with Gasteiger partial charge in [0.2, 0.25) is 0 Å². The van der Waals surface area contributed by atoms with Crippen molar-refractivity contribution in [1.82, 2.24) is 5.32 Å². The van der Waals surface area contributed by atoms with Crippen LogP contribution in [0.25, 0.3) is 0 Å². The molecule has 0 bridgehead atoms. The molecular weight excluding hydrogens is 198 g/mol. The first-order valence-electron chi connectivity index (χ1n) is 5.38. The van der Waals surface area contributed by atoms with Gasteiger partial charge >= 0.3 is 0 Å². The quantitative estimate of drug-likeness (QED) is 0.683. The Bertz CT molecular complexity index is 286. The van der Waals surface area contributed by atoms with Crippen molar-refractivity contribution in [2.24, 2.45) is 5.92 Å². The maximum Gasteiger partial charge on any atom is 0.154 e. The fourth-order valence-electron chi connectivity index (χ4n) is 2.15. The van der Waals surface area contributed by atoms with Crippen LogP contribution in [0.15, 0.2) is 0 Å². The molecule has 1 N–H and O–H groups in total. The van der Waals surface area contributed by atoms with Gasteiger partial charge in [-0.2, -0.15) is 0 Å². The molecule has 0 radical (unpaired) electrons. The standard InChI is InChI=1S/C10H21NO2S/c1-4-6-11-8-10(14(3,12)13)7-9(10)5-2/h9,11H,4-8H2,1-3H3. The van der Waals surface area contributed by atoms with Crippen molar-refractivity contribution in [2.75, 3.05) is 19.3 Å². The Labute approximate surface area is 87.2 Å². The van der Waals surface area contributed by atoms with Crippen LogP contribution < -0.4 is 5.32 Å². The van der Waals surface area contributed by atoms with E-state index in [9.17, 15) is 8.42 Å². The summed E-state index contributed by atoms with van der Waals surface area (Å²) in [6.07, 6.45) is 4.24. The molecule has 1 aliphatic rings. The number of nitrogens with one attached hydrogen (secondary N) is 1. The van der Waals surface area contributed by atoms with Gasteiger partial charge in [0.25, 0.3) is 0 Å². The molecule has 1 rings (SSSR count). The highest BCUT2D eigenvalue weighted by Crippen LogP contribution is 2.51. The van der Waals surface area contributed by atoms with E-state index in [1.165, 1.54) is 6.26 Å². The average Bonchev–Trinajstić information content (AvgIpc) is 2.79. The monoisotopic (exact) mass is 219 g/mol. The second kappa shape index (κ2) is 4.19. The Morgan fingerprint density at radius 1 is 1.43 bits per heavy atom. The fraction of sp³-hybridized carbons (Fsp3) is 1.00. The van der Waals surface area contributed by atoms with E-state index in [1.54, 1.807) is 0 Å². The Balaban J connectivity index is 2.59. The maximum atomic E-state index is 11.6. The summed E-state index contributed by atoms with van der Waals surface area (Å²) in [6, 6.07) is 0. The molecule has 14 heavy (non-hydrogen) atoms. The molecule has 1 saturated carbocycles. The summed E-state index contributed by atoms with van der Waals surface area (Å²) < 4.78 is 22.8. The summed E-state index contributed by atoms with van der Waals surface area (Å²) in [7, 11) is -2.90. The lowest BCUT2D eigenvalue weighted by Gasteiger charge is -2.15. The normalized spacial score (nSPS) is 31.8. The molecule has 0 spiro atoms. The molecule has 0 amide bonds. The van der Waals surface area contributed by atoms with Crippen molar-refractivity contribution < 1.29 is 8.42 Å².